The fraction of sp³-hybridized carbons (Fsp3) is 0.200. The van der Waals surface area contributed by atoms with Crippen molar-refractivity contribution in [2.45, 2.75) is 18.4 Å². The van der Waals surface area contributed by atoms with E-state index in [0.29, 0.717) is 10.8 Å². The zero-order valence-corrected chi connectivity index (χ0v) is 11.4. The average Bonchev–Trinajstić information content (AvgIpc) is 3.02. The van der Waals surface area contributed by atoms with Crippen LogP contribution in [0, 0.1) is 0 Å². The number of benzene rings is 1. The number of amides is 1. The van der Waals surface area contributed by atoms with E-state index in [0.717, 1.165) is 17.8 Å². The van der Waals surface area contributed by atoms with E-state index in [4.69, 9.17) is 5.11 Å². The quantitative estimate of drug-likeness (QED) is 0.908. The van der Waals surface area contributed by atoms with Crippen LogP contribution in [0.1, 0.15) is 37.2 Å². The van der Waals surface area contributed by atoms with Crippen molar-refractivity contribution in [1.82, 2.24) is 5.32 Å². The summed E-state index contributed by atoms with van der Waals surface area (Å²) in [6.45, 7) is 0. The molecule has 0 bridgehead atoms. The van der Waals surface area contributed by atoms with Crippen LogP contribution in [0.15, 0.2) is 42.5 Å². The number of aromatic carboxylic acids is 1. The van der Waals surface area contributed by atoms with Crippen molar-refractivity contribution in [3.8, 4) is 0 Å². The first kappa shape index (κ1) is 12.9. The van der Waals surface area contributed by atoms with Gasteiger partial charge in [-0.3, -0.25) is 4.79 Å². The summed E-state index contributed by atoms with van der Waals surface area (Å²) in [4.78, 5) is 23.4. The Bertz CT molecular complexity index is 650. The van der Waals surface area contributed by atoms with Gasteiger partial charge in [-0.1, -0.05) is 30.3 Å². The van der Waals surface area contributed by atoms with Crippen LogP contribution in [0.4, 0.5) is 0 Å². The lowest BCUT2D eigenvalue weighted by Crippen LogP contribution is -2.25. The molecule has 5 heteroatoms. The Balaban J connectivity index is 1.62. The first-order valence-electron chi connectivity index (χ1n) is 6.34. The van der Waals surface area contributed by atoms with Crippen molar-refractivity contribution in [2.75, 3.05) is 0 Å². The van der Waals surface area contributed by atoms with Gasteiger partial charge in [0.15, 0.2) is 0 Å². The van der Waals surface area contributed by atoms with Gasteiger partial charge in [-0.25, -0.2) is 4.79 Å². The number of carboxylic acid groups (broad SMARTS) is 1. The van der Waals surface area contributed by atoms with Gasteiger partial charge < -0.3 is 10.4 Å². The first-order chi connectivity index (χ1) is 9.65. The number of hydrogen-bond acceptors (Lipinski definition) is 3. The van der Waals surface area contributed by atoms with Crippen molar-refractivity contribution in [1.29, 1.82) is 0 Å². The standard InChI is InChI=1S/C15H13NO3S/c17-14(12-6-7-13(20-12)15(18)19)16-11-8-10(11)9-4-2-1-3-5-9/h1-7,10-11H,8H2,(H,16,17)(H,18,19). The number of carbonyl (C=O) groups excluding carboxylic acids is 1. The number of hydrogen-bond donors (Lipinski definition) is 2. The molecule has 1 fully saturated rings. The van der Waals surface area contributed by atoms with E-state index in [-0.39, 0.29) is 16.8 Å². The molecule has 1 aliphatic carbocycles. The Hall–Kier alpha value is -2.14. The van der Waals surface area contributed by atoms with Crippen molar-refractivity contribution >= 4 is 23.2 Å². The summed E-state index contributed by atoms with van der Waals surface area (Å²) in [6, 6.07) is 13.2. The Labute approximate surface area is 120 Å². The van der Waals surface area contributed by atoms with Gasteiger partial charge in [0.2, 0.25) is 0 Å². The van der Waals surface area contributed by atoms with Crippen molar-refractivity contribution in [3.05, 3.63) is 57.8 Å². The van der Waals surface area contributed by atoms with E-state index in [1.165, 1.54) is 11.6 Å². The maximum atomic E-state index is 12.0. The van der Waals surface area contributed by atoms with E-state index < -0.39 is 5.97 Å². The summed E-state index contributed by atoms with van der Waals surface area (Å²) >= 11 is 1.00. The zero-order chi connectivity index (χ0) is 14.1. The molecule has 2 unspecified atom stereocenters. The molecule has 2 atom stereocenters. The third kappa shape index (κ3) is 2.58. The minimum absolute atomic E-state index is 0.153. The van der Waals surface area contributed by atoms with E-state index >= 15 is 0 Å². The molecule has 4 nitrogen and oxygen atoms in total. The number of carbonyl (C=O) groups is 2. The molecule has 1 amide bonds. The predicted octanol–water partition coefficient (Wildman–Crippen LogP) is 2.73. The van der Waals surface area contributed by atoms with Crippen LogP contribution in [0.5, 0.6) is 0 Å². The molecule has 2 N–H and O–H groups in total. The molecule has 20 heavy (non-hydrogen) atoms. The molecule has 0 saturated heterocycles. The largest absolute Gasteiger partial charge is 0.477 e. The van der Waals surface area contributed by atoms with E-state index in [9.17, 15) is 9.59 Å². The van der Waals surface area contributed by atoms with Crippen LogP contribution in [0.3, 0.4) is 0 Å². The third-order valence-corrected chi connectivity index (χ3v) is 4.45. The van der Waals surface area contributed by atoms with Crippen LogP contribution in [0.2, 0.25) is 0 Å². The minimum atomic E-state index is -0.998. The van der Waals surface area contributed by atoms with E-state index in [2.05, 4.69) is 17.4 Å². The Kier molecular flexibility index (Phi) is 3.28. The highest BCUT2D eigenvalue weighted by atomic mass is 32.1. The third-order valence-electron chi connectivity index (χ3n) is 3.38. The molecule has 2 aromatic rings. The van der Waals surface area contributed by atoms with Gasteiger partial charge in [0.25, 0.3) is 5.91 Å². The molecule has 0 radical (unpaired) electrons. The lowest BCUT2D eigenvalue weighted by Gasteiger charge is -2.03. The lowest BCUT2D eigenvalue weighted by atomic mass is 10.1. The summed E-state index contributed by atoms with van der Waals surface area (Å²) in [5.74, 6) is -0.812. The zero-order valence-electron chi connectivity index (χ0n) is 10.6. The molecule has 1 saturated carbocycles. The van der Waals surface area contributed by atoms with Gasteiger partial charge >= 0.3 is 5.97 Å². The van der Waals surface area contributed by atoms with Crippen LogP contribution in [-0.2, 0) is 0 Å². The monoisotopic (exact) mass is 287 g/mol. The smallest absolute Gasteiger partial charge is 0.345 e. The number of nitrogens with one attached hydrogen (secondary N) is 1. The normalized spacial score (nSPS) is 20.4. The molecular weight excluding hydrogens is 274 g/mol. The molecular formula is C15H13NO3S. The fourth-order valence-corrected chi connectivity index (χ4v) is 2.99. The van der Waals surface area contributed by atoms with Crippen molar-refractivity contribution in [2.24, 2.45) is 0 Å². The molecule has 1 aromatic heterocycles. The van der Waals surface area contributed by atoms with E-state index in [1.807, 2.05) is 18.2 Å². The Morgan fingerprint density at radius 2 is 1.80 bits per heavy atom. The second-order valence-electron chi connectivity index (χ2n) is 4.80. The highest BCUT2D eigenvalue weighted by Crippen LogP contribution is 2.40. The summed E-state index contributed by atoms with van der Waals surface area (Å²) in [7, 11) is 0. The SMILES string of the molecule is O=C(O)c1ccc(C(=O)NC2CC2c2ccccc2)s1. The maximum absolute atomic E-state index is 12.0. The van der Waals surface area contributed by atoms with Gasteiger partial charge in [-0.2, -0.15) is 0 Å². The lowest BCUT2D eigenvalue weighted by molar-refractivity contribution is 0.0702. The average molecular weight is 287 g/mol. The Morgan fingerprint density at radius 1 is 1.10 bits per heavy atom. The first-order valence-corrected chi connectivity index (χ1v) is 7.16. The predicted molar refractivity (Wildman–Crippen MR) is 76.3 cm³/mol. The van der Waals surface area contributed by atoms with Gasteiger partial charge in [0.1, 0.15) is 4.88 Å². The van der Waals surface area contributed by atoms with Crippen molar-refractivity contribution in [3.63, 3.8) is 0 Å². The van der Waals surface area contributed by atoms with Crippen LogP contribution >= 0.6 is 11.3 Å². The second kappa shape index (κ2) is 5.09. The maximum Gasteiger partial charge on any atom is 0.345 e. The highest BCUT2D eigenvalue weighted by molar-refractivity contribution is 7.15. The second-order valence-corrected chi connectivity index (χ2v) is 5.89. The molecule has 0 aliphatic heterocycles. The Morgan fingerprint density at radius 3 is 2.45 bits per heavy atom. The summed E-state index contributed by atoms with van der Waals surface area (Å²) < 4.78 is 0. The molecule has 0 spiro atoms. The van der Waals surface area contributed by atoms with Crippen molar-refractivity contribution < 1.29 is 14.7 Å². The topological polar surface area (TPSA) is 66.4 Å². The summed E-state index contributed by atoms with van der Waals surface area (Å²) in [5.41, 5.74) is 1.23. The van der Waals surface area contributed by atoms with Gasteiger partial charge in [-0.15, -0.1) is 11.3 Å². The fourth-order valence-electron chi connectivity index (χ4n) is 2.24. The minimum Gasteiger partial charge on any atom is -0.477 e. The van der Waals surface area contributed by atoms with Gasteiger partial charge in [0, 0.05) is 12.0 Å². The molecule has 102 valence electrons. The summed E-state index contributed by atoms with van der Waals surface area (Å²) in [6.07, 6.45) is 0.937. The van der Waals surface area contributed by atoms with Gasteiger partial charge in [-0.05, 0) is 24.1 Å². The molecule has 1 heterocycles. The van der Waals surface area contributed by atoms with Crippen LogP contribution in [0.25, 0.3) is 0 Å². The van der Waals surface area contributed by atoms with Crippen LogP contribution in [-0.4, -0.2) is 23.0 Å². The number of carboxylic acids is 1. The van der Waals surface area contributed by atoms with Crippen LogP contribution < -0.4 is 5.32 Å². The highest BCUT2D eigenvalue weighted by Gasteiger charge is 2.39. The number of thiophene rings is 1. The molecule has 1 aromatic carbocycles. The molecule has 3 rings (SSSR count). The van der Waals surface area contributed by atoms with Gasteiger partial charge in [0.05, 0.1) is 4.88 Å². The molecule has 1 aliphatic rings. The van der Waals surface area contributed by atoms with E-state index in [1.54, 1.807) is 6.07 Å². The summed E-state index contributed by atoms with van der Waals surface area (Å²) in [5, 5.41) is 11.8. The number of rotatable bonds is 4.